The van der Waals surface area contributed by atoms with E-state index in [-0.39, 0.29) is 71.0 Å². The maximum Gasteiger partial charge on any atom is 0.343 e. The predicted molar refractivity (Wildman–Crippen MR) is 129 cm³/mol. The summed E-state index contributed by atoms with van der Waals surface area (Å²) in [7, 11) is 0. The van der Waals surface area contributed by atoms with Crippen molar-refractivity contribution in [1.82, 2.24) is 4.90 Å². The summed E-state index contributed by atoms with van der Waals surface area (Å²) in [6, 6.07) is 10.5. The number of nitro groups is 1. The van der Waals surface area contributed by atoms with Crippen LogP contribution in [0.3, 0.4) is 0 Å². The Morgan fingerprint density at radius 1 is 0.895 bits per heavy atom. The fourth-order valence-corrected chi connectivity index (χ4v) is 5.79. The largest absolute Gasteiger partial charge is 0.457 e. The van der Waals surface area contributed by atoms with Gasteiger partial charge in [-0.3, -0.25) is 34.2 Å². The predicted octanol–water partition coefficient (Wildman–Crippen LogP) is 2.96. The van der Waals surface area contributed by atoms with Crippen LogP contribution in [0.25, 0.3) is 0 Å². The molecule has 0 aromatic heterocycles. The normalized spacial score (nSPS) is 23.3. The number of esters is 2. The van der Waals surface area contributed by atoms with E-state index in [2.05, 4.69) is 0 Å². The van der Waals surface area contributed by atoms with Gasteiger partial charge in [-0.1, -0.05) is 0 Å². The number of carbonyl (C=O) groups is 5. The minimum Gasteiger partial charge on any atom is -0.457 e. The van der Waals surface area contributed by atoms with Crippen molar-refractivity contribution in [3.8, 4) is 5.75 Å². The Hall–Kier alpha value is -4.41. The van der Waals surface area contributed by atoms with Gasteiger partial charge >= 0.3 is 11.9 Å². The second-order valence-electron chi connectivity index (χ2n) is 9.76. The number of imide groups is 1. The Balaban J connectivity index is 1.07. The standard InChI is InChI=1S/C27H24N2O9/c30-21(15-5-9-20(10-6-15)38-27(34)16-3-7-19(8-4-16)29(35)36)14-37-22(31)11-12-28-25(32)23-17-1-2-18(13-17)24(23)26(28)33/h3-10,17-18,23-24H,1-2,11-14H2. The molecule has 0 radical (unpaired) electrons. The SMILES string of the molecule is O=C(CCN1C(=O)C2C3CCC(C3)C2C1=O)OCC(=O)c1ccc(OC(=O)c2ccc([N+](=O)[O-])cc2)cc1. The third-order valence-corrected chi connectivity index (χ3v) is 7.62. The second-order valence-corrected chi connectivity index (χ2v) is 9.76. The zero-order chi connectivity index (χ0) is 27.0. The third kappa shape index (κ3) is 4.79. The quantitative estimate of drug-likeness (QED) is 0.121. The number of fused-ring (bicyclic) bond motifs is 5. The van der Waals surface area contributed by atoms with Crippen LogP contribution >= 0.6 is 0 Å². The molecule has 5 rings (SSSR count). The highest BCUT2D eigenvalue weighted by atomic mass is 16.6. The number of carbonyl (C=O) groups excluding carboxylic acids is 5. The molecule has 2 amide bonds. The number of ether oxygens (including phenoxy) is 2. The lowest BCUT2D eigenvalue weighted by Gasteiger charge is -2.19. The van der Waals surface area contributed by atoms with E-state index in [1.54, 1.807) is 0 Å². The first-order valence-corrected chi connectivity index (χ1v) is 12.3. The highest BCUT2D eigenvalue weighted by Crippen LogP contribution is 2.56. The Morgan fingerprint density at radius 3 is 2.05 bits per heavy atom. The second kappa shape index (κ2) is 10.2. The molecule has 3 fully saturated rings. The van der Waals surface area contributed by atoms with Crippen LogP contribution < -0.4 is 4.74 Å². The van der Waals surface area contributed by atoms with Gasteiger partial charge in [-0.05, 0) is 67.5 Å². The van der Waals surface area contributed by atoms with Crippen LogP contribution in [0.1, 0.15) is 46.4 Å². The van der Waals surface area contributed by atoms with Crippen molar-refractivity contribution in [2.45, 2.75) is 25.7 Å². The summed E-state index contributed by atoms with van der Waals surface area (Å²) in [5.41, 5.74) is 0.189. The summed E-state index contributed by atoms with van der Waals surface area (Å²) >= 11 is 0. The van der Waals surface area contributed by atoms with Crippen molar-refractivity contribution in [2.24, 2.45) is 23.7 Å². The van der Waals surface area contributed by atoms with Gasteiger partial charge in [-0.25, -0.2) is 4.79 Å². The van der Waals surface area contributed by atoms with Crippen LogP contribution in [0.5, 0.6) is 5.75 Å². The molecule has 2 saturated carbocycles. The van der Waals surface area contributed by atoms with Crippen molar-refractivity contribution in [3.05, 3.63) is 69.8 Å². The topological polar surface area (TPSA) is 150 Å². The molecule has 2 aliphatic carbocycles. The molecule has 2 bridgehead atoms. The summed E-state index contributed by atoms with van der Waals surface area (Å²) in [6.07, 6.45) is 2.71. The summed E-state index contributed by atoms with van der Waals surface area (Å²) in [5, 5.41) is 10.7. The smallest absolute Gasteiger partial charge is 0.343 e. The van der Waals surface area contributed by atoms with Gasteiger partial charge < -0.3 is 9.47 Å². The van der Waals surface area contributed by atoms with Crippen LogP contribution in [-0.4, -0.2) is 52.5 Å². The first-order valence-electron chi connectivity index (χ1n) is 12.3. The fourth-order valence-electron chi connectivity index (χ4n) is 5.79. The zero-order valence-corrected chi connectivity index (χ0v) is 20.2. The molecule has 2 aromatic rings. The number of likely N-dealkylation sites (tertiary alicyclic amines) is 1. The Morgan fingerprint density at radius 2 is 1.47 bits per heavy atom. The molecule has 11 nitrogen and oxygen atoms in total. The van der Waals surface area contributed by atoms with E-state index in [1.165, 1.54) is 53.4 Å². The molecule has 0 spiro atoms. The average molecular weight is 520 g/mol. The van der Waals surface area contributed by atoms with E-state index in [0.717, 1.165) is 19.3 Å². The molecule has 4 atom stereocenters. The molecule has 1 saturated heterocycles. The molecular weight excluding hydrogens is 496 g/mol. The fraction of sp³-hybridized carbons (Fsp3) is 0.370. The average Bonchev–Trinajstić information content (AvgIpc) is 3.60. The summed E-state index contributed by atoms with van der Waals surface area (Å²) < 4.78 is 10.3. The van der Waals surface area contributed by atoms with E-state index < -0.39 is 29.3 Å². The highest BCUT2D eigenvalue weighted by molar-refractivity contribution is 6.06. The molecule has 11 heteroatoms. The Kier molecular flexibility index (Phi) is 6.75. The van der Waals surface area contributed by atoms with Gasteiger partial charge in [0.2, 0.25) is 11.8 Å². The number of rotatable bonds is 9. The lowest BCUT2D eigenvalue weighted by Crippen LogP contribution is -2.35. The first-order chi connectivity index (χ1) is 18.2. The van der Waals surface area contributed by atoms with Crippen molar-refractivity contribution in [2.75, 3.05) is 13.2 Å². The Bertz CT molecular complexity index is 1290. The number of non-ortho nitro benzene ring substituents is 1. The van der Waals surface area contributed by atoms with Crippen LogP contribution in [0.4, 0.5) is 5.69 Å². The molecule has 1 heterocycles. The summed E-state index contributed by atoms with van der Waals surface area (Å²) in [5.74, 6) is -2.05. The van der Waals surface area contributed by atoms with E-state index in [4.69, 9.17) is 9.47 Å². The van der Waals surface area contributed by atoms with Gasteiger partial charge in [0.15, 0.2) is 12.4 Å². The van der Waals surface area contributed by atoms with Crippen molar-refractivity contribution in [3.63, 3.8) is 0 Å². The third-order valence-electron chi connectivity index (χ3n) is 7.62. The maximum atomic E-state index is 12.7. The minimum atomic E-state index is -0.723. The van der Waals surface area contributed by atoms with Crippen molar-refractivity contribution >= 4 is 35.2 Å². The molecule has 1 aliphatic heterocycles. The number of Topliss-reactive ketones (excluding diaryl/α,β-unsaturated/α-hetero) is 1. The number of ketones is 1. The monoisotopic (exact) mass is 520 g/mol. The van der Waals surface area contributed by atoms with E-state index >= 15 is 0 Å². The summed E-state index contributed by atoms with van der Waals surface area (Å²) in [6.45, 7) is -0.565. The molecule has 196 valence electrons. The van der Waals surface area contributed by atoms with Crippen LogP contribution in [0.15, 0.2) is 48.5 Å². The number of nitrogens with zero attached hydrogens (tertiary/aromatic N) is 2. The van der Waals surface area contributed by atoms with Crippen molar-refractivity contribution < 1.29 is 38.4 Å². The number of amides is 2. The number of hydrogen-bond acceptors (Lipinski definition) is 9. The zero-order valence-electron chi connectivity index (χ0n) is 20.2. The molecule has 0 N–H and O–H groups in total. The van der Waals surface area contributed by atoms with Gasteiger partial charge in [-0.2, -0.15) is 0 Å². The maximum absolute atomic E-state index is 12.7. The Labute approximate surface area is 216 Å². The lowest BCUT2D eigenvalue weighted by atomic mass is 9.81. The lowest BCUT2D eigenvalue weighted by molar-refractivity contribution is -0.384. The summed E-state index contributed by atoms with van der Waals surface area (Å²) in [4.78, 5) is 73.5. The van der Waals surface area contributed by atoms with Gasteiger partial charge in [-0.15, -0.1) is 0 Å². The molecule has 4 unspecified atom stereocenters. The molecule has 38 heavy (non-hydrogen) atoms. The van der Waals surface area contributed by atoms with Crippen molar-refractivity contribution in [1.29, 1.82) is 0 Å². The number of hydrogen-bond donors (Lipinski definition) is 0. The highest BCUT2D eigenvalue weighted by Gasteiger charge is 2.60. The van der Waals surface area contributed by atoms with Gasteiger partial charge in [0.1, 0.15) is 5.75 Å². The number of nitro benzene ring substituents is 1. The van der Waals surface area contributed by atoms with Gasteiger partial charge in [0.25, 0.3) is 5.69 Å². The molecular formula is C27H24N2O9. The van der Waals surface area contributed by atoms with E-state index in [9.17, 15) is 34.1 Å². The van der Waals surface area contributed by atoms with Gasteiger partial charge in [0, 0.05) is 24.2 Å². The van der Waals surface area contributed by atoms with Crippen LogP contribution in [-0.2, 0) is 19.1 Å². The van der Waals surface area contributed by atoms with Crippen LogP contribution in [0, 0.1) is 33.8 Å². The van der Waals surface area contributed by atoms with Crippen LogP contribution in [0.2, 0.25) is 0 Å². The van der Waals surface area contributed by atoms with E-state index in [0.29, 0.717) is 0 Å². The molecule has 3 aliphatic rings. The molecule has 2 aromatic carbocycles. The minimum absolute atomic E-state index is 0.0496. The first kappa shape index (κ1) is 25.2. The van der Waals surface area contributed by atoms with E-state index in [1.807, 2.05) is 0 Å². The number of benzene rings is 2. The van der Waals surface area contributed by atoms with Gasteiger partial charge in [0.05, 0.1) is 28.7 Å².